The first-order chi connectivity index (χ1) is 10.2. The second kappa shape index (κ2) is 5.97. The molecule has 0 fully saturated rings. The number of para-hydroxylation sites is 1. The standard InChI is InChI=1S/C17H17N3S/c1-12-6-8-14(9-7-12)20-17(21)19-11-13-10-18-16-5-3-2-4-15(13)16/h2-10,18H,11H2,1H3,(H2,19,20,21). The van der Waals surface area contributed by atoms with Gasteiger partial charge in [-0.15, -0.1) is 0 Å². The number of aromatic amines is 1. The molecule has 21 heavy (non-hydrogen) atoms. The molecule has 0 atom stereocenters. The molecular formula is C17H17N3S. The normalized spacial score (nSPS) is 10.5. The van der Waals surface area contributed by atoms with E-state index < -0.39 is 0 Å². The Morgan fingerprint density at radius 3 is 2.67 bits per heavy atom. The van der Waals surface area contributed by atoms with Crippen LogP contribution in [-0.4, -0.2) is 10.1 Å². The molecule has 3 nitrogen and oxygen atoms in total. The minimum atomic E-state index is 0.629. The lowest BCUT2D eigenvalue weighted by Gasteiger charge is -2.10. The number of hydrogen-bond acceptors (Lipinski definition) is 1. The van der Waals surface area contributed by atoms with Crippen molar-refractivity contribution in [1.29, 1.82) is 0 Å². The Morgan fingerprint density at radius 2 is 1.86 bits per heavy atom. The second-order valence-electron chi connectivity index (χ2n) is 5.03. The molecule has 4 heteroatoms. The zero-order valence-electron chi connectivity index (χ0n) is 11.8. The van der Waals surface area contributed by atoms with E-state index in [0.717, 1.165) is 11.2 Å². The average Bonchev–Trinajstić information content (AvgIpc) is 2.91. The van der Waals surface area contributed by atoms with Crippen molar-refractivity contribution in [2.75, 3.05) is 5.32 Å². The zero-order valence-corrected chi connectivity index (χ0v) is 12.6. The molecule has 0 spiro atoms. The highest BCUT2D eigenvalue weighted by molar-refractivity contribution is 7.80. The van der Waals surface area contributed by atoms with Crippen molar-refractivity contribution in [1.82, 2.24) is 10.3 Å². The van der Waals surface area contributed by atoms with Crippen LogP contribution in [0, 0.1) is 6.92 Å². The molecule has 0 aliphatic carbocycles. The smallest absolute Gasteiger partial charge is 0.171 e. The van der Waals surface area contributed by atoms with Gasteiger partial charge < -0.3 is 15.6 Å². The van der Waals surface area contributed by atoms with Crippen LogP contribution in [0.25, 0.3) is 10.9 Å². The fourth-order valence-electron chi connectivity index (χ4n) is 2.27. The van der Waals surface area contributed by atoms with Crippen LogP contribution >= 0.6 is 12.2 Å². The number of hydrogen-bond donors (Lipinski definition) is 3. The van der Waals surface area contributed by atoms with Gasteiger partial charge in [0.05, 0.1) is 0 Å². The summed E-state index contributed by atoms with van der Waals surface area (Å²) < 4.78 is 0. The van der Waals surface area contributed by atoms with Crippen molar-refractivity contribution >= 4 is 33.9 Å². The van der Waals surface area contributed by atoms with Gasteiger partial charge in [-0.1, -0.05) is 35.9 Å². The molecular weight excluding hydrogens is 278 g/mol. The van der Waals surface area contributed by atoms with E-state index in [9.17, 15) is 0 Å². The third-order valence-electron chi connectivity index (χ3n) is 3.42. The van der Waals surface area contributed by atoms with E-state index in [1.54, 1.807) is 0 Å². The van der Waals surface area contributed by atoms with E-state index in [0.29, 0.717) is 11.7 Å². The van der Waals surface area contributed by atoms with Crippen LogP contribution in [0.4, 0.5) is 5.69 Å². The molecule has 0 saturated heterocycles. The van der Waals surface area contributed by atoms with E-state index in [4.69, 9.17) is 12.2 Å². The Balaban J connectivity index is 1.62. The number of H-pyrrole nitrogens is 1. The monoisotopic (exact) mass is 295 g/mol. The second-order valence-corrected chi connectivity index (χ2v) is 5.44. The predicted molar refractivity (Wildman–Crippen MR) is 92.5 cm³/mol. The number of benzene rings is 2. The molecule has 3 rings (SSSR count). The van der Waals surface area contributed by atoms with Crippen LogP contribution in [0.15, 0.2) is 54.7 Å². The maximum atomic E-state index is 5.33. The van der Waals surface area contributed by atoms with Gasteiger partial charge in [0, 0.05) is 29.3 Å². The Bertz CT molecular complexity index is 759. The number of fused-ring (bicyclic) bond motifs is 1. The minimum absolute atomic E-state index is 0.629. The summed E-state index contributed by atoms with van der Waals surface area (Å²) in [5, 5.41) is 8.28. The third kappa shape index (κ3) is 3.23. The molecule has 0 unspecified atom stereocenters. The summed E-state index contributed by atoms with van der Waals surface area (Å²) in [7, 11) is 0. The fraction of sp³-hybridized carbons (Fsp3) is 0.118. The van der Waals surface area contributed by atoms with Gasteiger partial charge in [-0.2, -0.15) is 0 Å². The van der Waals surface area contributed by atoms with Gasteiger partial charge in [0.1, 0.15) is 0 Å². The predicted octanol–water partition coefficient (Wildman–Crippen LogP) is 3.96. The lowest BCUT2D eigenvalue weighted by atomic mass is 10.2. The van der Waals surface area contributed by atoms with Crippen LogP contribution in [-0.2, 0) is 6.54 Å². The van der Waals surface area contributed by atoms with E-state index >= 15 is 0 Å². The Morgan fingerprint density at radius 1 is 1.10 bits per heavy atom. The molecule has 3 N–H and O–H groups in total. The van der Waals surface area contributed by atoms with Gasteiger partial charge >= 0.3 is 0 Å². The quantitative estimate of drug-likeness (QED) is 0.640. The molecule has 0 bridgehead atoms. The molecule has 0 saturated carbocycles. The summed E-state index contributed by atoms with van der Waals surface area (Å²) in [6.07, 6.45) is 2.02. The molecule has 0 aliphatic rings. The maximum absolute atomic E-state index is 5.33. The highest BCUT2D eigenvalue weighted by Gasteiger charge is 2.03. The van der Waals surface area contributed by atoms with Crippen molar-refractivity contribution in [2.45, 2.75) is 13.5 Å². The van der Waals surface area contributed by atoms with E-state index in [-0.39, 0.29) is 0 Å². The average molecular weight is 295 g/mol. The van der Waals surface area contributed by atoms with Gasteiger partial charge in [0.2, 0.25) is 0 Å². The third-order valence-corrected chi connectivity index (χ3v) is 3.67. The summed E-state index contributed by atoms with van der Waals surface area (Å²) in [5.74, 6) is 0. The Hall–Kier alpha value is -2.33. The van der Waals surface area contributed by atoms with Gasteiger partial charge in [0.15, 0.2) is 5.11 Å². The summed E-state index contributed by atoms with van der Waals surface area (Å²) >= 11 is 5.33. The van der Waals surface area contributed by atoms with Crippen molar-refractivity contribution in [3.63, 3.8) is 0 Å². The molecule has 106 valence electrons. The number of rotatable bonds is 3. The molecule has 1 aromatic heterocycles. The minimum Gasteiger partial charge on any atom is -0.361 e. The first-order valence-corrected chi connectivity index (χ1v) is 7.30. The van der Waals surface area contributed by atoms with Crippen LogP contribution in [0.2, 0.25) is 0 Å². The van der Waals surface area contributed by atoms with Crippen LogP contribution in [0.1, 0.15) is 11.1 Å². The topological polar surface area (TPSA) is 39.8 Å². The number of nitrogens with one attached hydrogen (secondary N) is 3. The number of aryl methyl sites for hydroxylation is 1. The number of thiocarbonyl (C=S) groups is 1. The molecule has 3 aromatic rings. The van der Waals surface area contributed by atoms with Crippen LogP contribution in [0.5, 0.6) is 0 Å². The van der Waals surface area contributed by atoms with Gasteiger partial charge in [-0.3, -0.25) is 0 Å². The summed E-state index contributed by atoms with van der Waals surface area (Å²) in [6, 6.07) is 16.4. The molecule has 0 amide bonds. The molecule has 0 radical (unpaired) electrons. The van der Waals surface area contributed by atoms with E-state index in [1.807, 2.05) is 30.5 Å². The lowest BCUT2D eigenvalue weighted by Crippen LogP contribution is -2.27. The number of anilines is 1. The first kappa shape index (κ1) is 13.6. The highest BCUT2D eigenvalue weighted by Crippen LogP contribution is 2.17. The largest absolute Gasteiger partial charge is 0.361 e. The lowest BCUT2D eigenvalue weighted by molar-refractivity contribution is 0.934. The molecule has 2 aromatic carbocycles. The number of aromatic nitrogens is 1. The first-order valence-electron chi connectivity index (χ1n) is 6.89. The van der Waals surface area contributed by atoms with Crippen molar-refractivity contribution in [3.05, 3.63) is 65.9 Å². The summed E-state index contributed by atoms with van der Waals surface area (Å²) in [4.78, 5) is 3.26. The molecule has 0 aliphatic heterocycles. The zero-order chi connectivity index (χ0) is 14.7. The Labute approximate surface area is 129 Å². The SMILES string of the molecule is Cc1ccc(NC(=S)NCc2c[nH]c3ccccc23)cc1. The van der Waals surface area contributed by atoms with Crippen molar-refractivity contribution in [3.8, 4) is 0 Å². The van der Waals surface area contributed by atoms with Crippen molar-refractivity contribution in [2.24, 2.45) is 0 Å². The van der Waals surface area contributed by atoms with Gasteiger partial charge in [0.25, 0.3) is 0 Å². The highest BCUT2D eigenvalue weighted by atomic mass is 32.1. The van der Waals surface area contributed by atoms with E-state index in [2.05, 4.69) is 46.8 Å². The summed E-state index contributed by atoms with van der Waals surface area (Å²) in [6.45, 7) is 2.76. The van der Waals surface area contributed by atoms with Gasteiger partial charge in [-0.05, 0) is 42.9 Å². The fourth-order valence-corrected chi connectivity index (χ4v) is 2.46. The maximum Gasteiger partial charge on any atom is 0.171 e. The summed E-state index contributed by atoms with van der Waals surface area (Å²) in [5.41, 5.74) is 4.58. The van der Waals surface area contributed by atoms with Crippen LogP contribution < -0.4 is 10.6 Å². The Kier molecular flexibility index (Phi) is 3.88. The van der Waals surface area contributed by atoms with Crippen molar-refractivity contribution < 1.29 is 0 Å². The van der Waals surface area contributed by atoms with Crippen LogP contribution in [0.3, 0.4) is 0 Å². The van der Waals surface area contributed by atoms with E-state index in [1.165, 1.54) is 16.5 Å². The van der Waals surface area contributed by atoms with Gasteiger partial charge in [-0.25, -0.2) is 0 Å². The molecule has 1 heterocycles.